The Bertz CT molecular complexity index is 3700. The summed E-state index contributed by atoms with van der Waals surface area (Å²) in [5.41, 5.74) is 5.14. The van der Waals surface area contributed by atoms with Gasteiger partial charge in [0.05, 0.1) is 79.6 Å². The van der Waals surface area contributed by atoms with E-state index in [1.807, 2.05) is 160 Å². The summed E-state index contributed by atoms with van der Waals surface area (Å²) in [6, 6.07) is 54.6. The van der Waals surface area contributed by atoms with Crippen molar-refractivity contribution in [3.8, 4) is 23.0 Å². The number of nitrogens with zero attached hydrogens (tertiary/aromatic N) is 5. The smallest absolute Gasteiger partial charge is 0.302 e. The maximum absolute atomic E-state index is 12.2. The maximum Gasteiger partial charge on any atom is 0.302 e. The molecule has 129 heavy (non-hydrogen) atoms. The molecule has 7 atom stereocenters. The van der Waals surface area contributed by atoms with Gasteiger partial charge in [-0.25, -0.2) is 0 Å². The van der Waals surface area contributed by atoms with Crippen molar-refractivity contribution < 1.29 is 82.0 Å². The number of aliphatic hydroxyl groups excluding tert-OH is 3. The molecule has 0 saturated carbocycles. The molecule has 5 amide bonds. The Morgan fingerprint density at radius 1 is 0.364 bits per heavy atom. The third-order valence-corrected chi connectivity index (χ3v) is 24.8. The van der Waals surface area contributed by atoms with E-state index in [9.17, 15) is 28.8 Å². The number of esters is 1. The lowest BCUT2D eigenvalue weighted by Gasteiger charge is -2.38. The summed E-state index contributed by atoms with van der Waals surface area (Å²) in [4.78, 5) is 74.1. The summed E-state index contributed by atoms with van der Waals surface area (Å²) >= 11 is 7.22. The van der Waals surface area contributed by atoms with Gasteiger partial charge < -0.3 is 88.3 Å². The van der Waals surface area contributed by atoms with Gasteiger partial charge in [-0.2, -0.15) is 0 Å². The van der Waals surface area contributed by atoms with Gasteiger partial charge in [0.1, 0.15) is 33.5 Å². The molecule has 722 valence electrons. The Morgan fingerprint density at radius 2 is 0.651 bits per heavy atom. The number of halogens is 1. The summed E-state index contributed by atoms with van der Waals surface area (Å²) in [6.07, 6.45) is 24.5. The van der Waals surface area contributed by atoms with Gasteiger partial charge in [-0.15, -0.1) is 11.6 Å². The number of ether oxygens (including phenoxy) is 8. The fourth-order valence-electron chi connectivity index (χ4n) is 17.0. The number of rotatable bonds is 20. The molecule has 9 heterocycles. The minimum absolute atomic E-state index is 0. The quantitative estimate of drug-likeness (QED) is 0.0270. The Balaban J connectivity index is 0.000000391. The summed E-state index contributed by atoms with van der Waals surface area (Å²) in [5, 5.41) is 32.6. The first kappa shape index (κ1) is 114. The highest BCUT2D eigenvalue weighted by atomic mass is 35.5. The molecular weight excluding hydrogens is 1650 g/mol. The van der Waals surface area contributed by atoms with Crippen LogP contribution in [0.25, 0.3) is 0 Å². The lowest BCUT2D eigenvalue weighted by Crippen LogP contribution is -2.41. The predicted molar refractivity (Wildman–Crippen MR) is 519 cm³/mol. The fraction of sp³-hybridized carbons (Fsp3) is 0.596. The molecule has 9 fully saturated rings. The van der Waals surface area contributed by atoms with Crippen LogP contribution < -0.4 is 29.6 Å². The molecule has 0 aromatic heterocycles. The zero-order chi connectivity index (χ0) is 92.8. The summed E-state index contributed by atoms with van der Waals surface area (Å²) in [6.45, 7) is 29.9. The second-order valence-corrected chi connectivity index (χ2v) is 33.3. The van der Waals surface area contributed by atoms with Crippen molar-refractivity contribution in [1.29, 1.82) is 0 Å². The van der Waals surface area contributed by atoms with Crippen LogP contribution in [0.1, 0.15) is 252 Å². The van der Waals surface area contributed by atoms with Gasteiger partial charge in [0, 0.05) is 125 Å². The highest BCUT2D eigenvalue weighted by Crippen LogP contribution is 2.45. The van der Waals surface area contributed by atoms with Gasteiger partial charge in [0.15, 0.2) is 0 Å². The van der Waals surface area contributed by atoms with Crippen LogP contribution in [0.5, 0.6) is 23.0 Å². The van der Waals surface area contributed by atoms with Gasteiger partial charge in [-0.1, -0.05) is 145 Å². The number of methoxy groups -OCH3 is 4. The largest absolute Gasteiger partial charge is 0.497 e. The molecule has 25 heteroatoms. The average molecular weight is 1820 g/mol. The number of nitrogens with one attached hydrogen (secondary N) is 2. The van der Waals surface area contributed by atoms with E-state index < -0.39 is 10.5 Å². The van der Waals surface area contributed by atoms with Crippen molar-refractivity contribution in [2.75, 3.05) is 134 Å². The van der Waals surface area contributed by atoms with Crippen molar-refractivity contribution in [1.82, 2.24) is 35.1 Å². The first-order valence-corrected chi connectivity index (χ1v) is 46.8. The minimum Gasteiger partial charge on any atom is -0.497 e. The topological polar surface area (TPSA) is 277 Å². The van der Waals surface area contributed by atoms with Crippen LogP contribution >= 0.6 is 11.6 Å². The number of aliphatic hydroxyl groups is 3. The number of benzene rings is 6. The number of hydrogen-bond donors (Lipinski definition) is 5. The van der Waals surface area contributed by atoms with Gasteiger partial charge in [-0.3, -0.25) is 28.8 Å². The highest BCUT2D eigenvalue weighted by molar-refractivity contribution is 6.28. The van der Waals surface area contributed by atoms with E-state index in [0.29, 0.717) is 37.9 Å². The van der Waals surface area contributed by atoms with Crippen molar-refractivity contribution >= 4 is 47.1 Å². The number of alkyl halides is 1. The molecule has 15 rings (SSSR count). The zero-order valence-corrected chi connectivity index (χ0v) is 79.6. The minimum atomic E-state index is -0.856. The third kappa shape index (κ3) is 38.6. The molecule has 0 aliphatic carbocycles. The van der Waals surface area contributed by atoms with Crippen LogP contribution in [0.2, 0.25) is 0 Å². The van der Waals surface area contributed by atoms with Crippen molar-refractivity contribution in [2.45, 2.75) is 272 Å². The number of amides is 5. The van der Waals surface area contributed by atoms with Crippen LogP contribution in [0.3, 0.4) is 0 Å². The third-order valence-electron chi connectivity index (χ3n) is 24.1. The molecule has 9 saturated heterocycles. The van der Waals surface area contributed by atoms with Gasteiger partial charge in [0.25, 0.3) is 0 Å². The number of carbonyl (C=O) groups excluding carboxylic acids is 6. The van der Waals surface area contributed by atoms with E-state index in [0.717, 1.165) is 186 Å². The van der Waals surface area contributed by atoms with E-state index in [-0.39, 0.29) is 81.7 Å². The van der Waals surface area contributed by atoms with Gasteiger partial charge in [0.2, 0.25) is 29.5 Å². The zero-order valence-electron chi connectivity index (χ0n) is 78.9. The number of carbonyl (C=O) groups is 6. The van der Waals surface area contributed by atoms with Crippen LogP contribution in [-0.2, 0) is 58.2 Å². The van der Waals surface area contributed by atoms with Crippen molar-refractivity contribution in [3.05, 3.63) is 191 Å². The van der Waals surface area contributed by atoms with E-state index in [1.54, 1.807) is 79.8 Å². The summed E-state index contributed by atoms with van der Waals surface area (Å²) in [7, 11) is 6.64. The molecule has 6 aromatic rings. The van der Waals surface area contributed by atoms with E-state index in [2.05, 4.69) is 48.3 Å². The highest BCUT2D eigenvalue weighted by Gasteiger charge is 2.41. The van der Waals surface area contributed by atoms with Crippen LogP contribution in [0.4, 0.5) is 0 Å². The molecule has 0 spiro atoms. The number of hydrogen-bond acceptors (Lipinski definition) is 19. The van der Waals surface area contributed by atoms with Crippen LogP contribution in [0.15, 0.2) is 158 Å². The standard InChI is InChI=1S/C28H31NO4.C21H19ClO2.2C8H15NO.2C7H13NO2.C6H13N.C5H11NO.C4H8O2.2C4H8O.2CH4/c1-21(30)29-19-7-10-25(29)20-33-28(22-8-5-4-6-9-22,23-11-15-26(31-2)16-12-23)24-13-17-27(32-3)18-14-24;1-23-19-12-8-17(9-13-19)21(22,16-6-4-3-5-7-16)18-10-14-20(24-2)15-11-18;2*1-3-8-5-4-6-9(8)7(2)10;2*1-6(10)8-4-2-3-7(8)5-9;1-2-6-4-3-5-7-6;7-4-5-2-1-3-6-5;1-3-6-4(2)5;2*1-2-4-5-3-1;;/h4-6,8-9,11-18,25H,7,10,19-20H2,1-3H3;3-15H,1-2H3;2*8H,3-6H2,1-2H3;2*7,9H,2-5H2,1H3;6-7H,2-5H2,1H3;5-7H,1-4H2;3H2,1-2H3;2*1-4H2;2*1H4. The van der Waals surface area contributed by atoms with Gasteiger partial charge >= 0.3 is 5.97 Å². The molecule has 9 aliphatic heterocycles. The first-order valence-electron chi connectivity index (χ1n) is 46.4. The molecule has 24 nitrogen and oxygen atoms in total. The Hall–Kier alpha value is -8.69. The van der Waals surface area contributed by atoms with E-state index >= 15 is 0 Å². The molecule has 9 aliphatic rings. The molecule has 6 aromatic carbocycles. The lowest BCUT2D eigenvalue weighted by molar-refractivity contribution is -0.140. The normalized spacial score (nSPS) is 19.6. The van der Waals surface area contributed by atoms with Crippen molar-refractivity contribution in [2.24, 2.45) is 0 Å². The maximum atomic E-state index is 12.2. The second-order valence-electron chi connectivity index (χ2n) is 32.8. The molecular formula is C104H162ClN7O17. The molecule has 0 bridgehead atoms. The van der Waals surface area contributed by atoms with Crippen molar-refractivity contribution in [3.63, 3.8) is 0 Å². The van der Waals surface area contributed by atoms with E-state index in [4.69, 9.17) is 60.1 Å². The SMILES string of the molecule is C.C.C1CCOC1.C1CCOC1.CC(=O)N1CCCC1CO.CC(=O)N1CCCC1CO.CCC1CCCN1.CCC1CCCN1C(C)=O.CCC1CCCN1C(C)=O.CCOC(C)=O.COc1ccc(C(Cl)(c2ccccc2)c2ccc(OC)cc2)cc1.COc1ccc(C(OCC2CCCN2C(C)=O)(c2ccccc2)c2ccc(OC)cc2)cc1.OCC1CCCN1. The van der Waals surface area contributed by atoms with Gasteiger partial charge in [-0.05, 0) is 237 Å². The molecule has 7 unspecified atom stereocenters. The first-order chi connectivity index (χ1) is 61.4. The monoisotopic (exact) mass is 1820 g/mol. The van der Waals surface area contributed by atoms with Crippen LogP contribution in [0, 0.1) is 0 Å². The average Bonchev–Trinajstić information content (AvgIpc) is 0.906. The second kappa shape index (κ2) is 65.0. The molecule has 5 N–H and O–H groups in total. The Morgan fingerprint density at radius 3 is 0.876 bits per heavy atom. The van der Waals surface area contributed by atoms with E-state index in [1.165, 1.54) is 90.5 Å². The van der Waals surface area contributed by atoms with Crippen LogP contribution in [-0.4, -0.2) is 251 Å². The number of likely N-dealkylation sites (tertiary alicyclic amines) is 5. The fourth-order valence-corrected chi connectivity index (χ4v) is 17.4. The lowest BCUT2D eigenvalue weighted by atomic mass is 9.80. The summed E-state index contributed by atoms with van der Waals surface area (Å²) < 4.78 is 42.6. The Labute approximate surface area is 779 Å². The Kier molecular flexibility index (Phi) is 57.7. The summed E-state index contributed by atoms with van der Waals surface area (Å²) in [5.74, 6) is 3.71. The predicted octanol–water partition coefficient (Wildman–Crippen LogP) is 17.4. The molecule has 0 radical (unpaired) electrons.